The maximum absolute atomic E-state index is 11.1. The Morgan fingerprint density at radius 3 is 2.52 bits per heavy atom. The fraction of sp³-hybridized carbons (Fsp3) is 0.286. The van der Waals surface area contributed by atoms with Crippen molar-refractivity contribution >= 4 is 40.9 Å². The van der Waals surface area contributed by atoms with E-state index < -0.39 is 5.97 Å². The van der Waals surface area contributed by atoms with Gasteiger partial charge in [0.05, 0.1) is 24.4 Å². The molecule has 29 heavy (non-hydrogen) atoms. The topological polar surface area (TPSA) is 68.0 Å². The third-order valence-corrected chi connectivity index (χ3v) is 5.76. The number of rotatable bonds is 8. The SMILES string of the molecule is CC(C)c1nc(CCC(=O)O)n(Cc2ccccn2)c1Sc1cc(Cl)cc(Cl)c1. The number of carbonyl (C=O) groups is 1. The molecular weight excluding hydrogens is 429 g/mol. The van der Waals surface area contributed by atoms with Gasteiger partial charge in [0.2, 0.25) is 0 Å². The van der Waals surface area contributed by atoms with E-state index in [1.807, 2.05) is 30.3 Å². The van der Waals surface area contributed by atoms with Crippen molar-refractivity contribution in [1.82, 2.24) is 14.5 Å². The second-order valence-corrected chi connectivity index (χ2v) is 8.82. The lowest BCUT2D eigenvalue weighted by Crippen LogP contribution is -2.09. The Morgan fingerprint density at radius 1 is 1.21 bits per heavy atom. The molecule has 0 unspecified atom stereocenters. The van der Waals surface area contributed by atoms with Crippen molar-refractivity contribution in [2.75, 3.05) is 0 Å². The summed E-state index contributed by atoms with van der Waals surface area (Å²) in [5.41, 5.74) is 1.80. The van der Waals surface area contributed by atoms with Crippen LogP contribution in [-0.2, 0) is 17.8 Å². The summed E-state index contributed by atoms with van der Waals surface area (Å²) in [6, 6.07) is 11.2. The summed E-state index contributed by atoms with van der Waals surface area (Å²) in [4.78, 5) is 21.3. The van der Waals surface area contributed by atoms with Crippen LogP contribution in [0.3, 0.4) is 0 Å². The van der Waals surface area contributed by atoms with Crippen molar-refractivity contribution in [3.63, 3.8) is 0 Å². The standard InChI is InChI=1S/C21H21Cl2N3O2S/c1-13(2)20-21(29-17-10-14(22)9-15(23)11-17)26(12-16-5-3-4-8-24-16)18(25-20)6-7-19(27)28/h3-5,8-11,13H,6-7,12H2,1-2H3,(H,27,28). The summed E-state index contributed by atoms with van der Waals surface area (Å²) in [5.74, 6) is 0.0532. The van der Waals surface area contributed by atoms with Gasteiger partial charge in [-0.3, -0.25) is 9.78 Å². The molecule has 152 valence electrons. The van der Waals surface area contributed by atoms with E-state index in [9.17, 15) is 4.79 Å². The Balaban J connectivity index is 2.08. The first-order chi connectivity index (χ1) is 13.8. The largest absolute Gasteiger partial charge is 0.481 e. The van der Waals surface area contributed by atoms with Crippen molar-refractivity contribution < 1.29 is 9.90 Å². The van der Waals surface area contributed by atoms with Gasteiger partial charge in [0.1, 0.15) is 10.9 Å². The van der Waals surface area contributed by atoms with E-state index in [-0.39, 0.29) is 12.3 Å². The summed E-state index contributed by atoms with van der Waals surface area (Å²) in [7, 11) is 0. The van der Waals surface area contributed by atoms with Crippen LogP contribution in [0.2, 0.25) is 10.0 Å². The van der Waals surface area contributed by atoms with E-state index in [0.717, 1.165) is 27.1 Å². The van der Waals surface area contributed by atoms with Gasteiger partial charge >= 0.3 is 5.97 Å². The summed E-state index contributed by atoms with van der Waals surface area (Å²) in [6.07, 6.45) is 2.11. The molecular formula is C21H21Cl2N3O2S. The van der Waals surface area contributed by atoms with Crippen LogP contribution in [0.15, 0.2) is 52.5 Å². The van der Waals surface area contributed by atoms with Crippen molar-refractivity contribution in [2.24, 2.45) is 0 Å². The number of imidazole rings is 1. The normalized spacial score (nSPS) is 11.2. The number of aryl methyl sites for hydroxylation is 1. The molecule has 0 saturated carbocycles. The van der Waals surface area contributed by atoms with Gasteiger partial charge < -0.3 is 9.67 Å². The third-order valence-electron chi connectivity index (χ3n) is 4.23. The fourth-order valence-electron chi connectivity index (χ4n) is 2.91. The molecule has 0 aliphatic carbocycles. The van der Waals surface area contributed by atoms with Crippen molar-refractivity contribution in [3.8, 4) is 0 Å². The number of benzene rings is 1. The minimum absolute atomic E-state index is 0.0177. The smallest absolute Gasteiger partial charge is 0.303 e. The Hall–Kier alpha value is -2.02. The molecule has 0 aliphatic rings. The van der Waals surface area contributed by atoms with Crippen LogP contribution in [0.1, 0.15) is 43.4 Å². The molecule has 5 nitrogen and oxygen atoms in total. The third kappa shape index (κ3) is 5.75. The molecule has 0 saturated heterocycles. The van der Waals surface area contributed by atoms with E-state index in [0.29, 0.717) is 23.0 Å². The zero-order chi connectivity index (χ0) is 21.0. The van der Waals surface area contributed by atoms with Crippen LogP contribution in [0.5, 0.6) is 0 Å². The highest BCUT2D eigenvalue weighted by molar-refractivity contribution is 7.99. The molecule has 2 aromatic heterocycles. The molecule has 0 aliphatic heterocycles. The van der Waals surface area contributed by atoms with Crippen LogP contribution in [0, 0.1) is 0 Å². The maximum Gasteiger partial charge on any atom is 0.303 e. The van der Waals surface area contributed by atoms with Gasteiger partial charge in [0.25, 0.3) is 0 Å². The van der Waals surface area contributed by atoms with Gasteiger partial charge in [-0.05, 0) is 36.2 Å². The number of halogens is 2. The second-order valence-electron chi connectivity index (χ2n) is 6.88. The highest BCUT2D eigenvalue weighted by Crippen LogP contribution is 2.37. The predicted molar refractivity (Wildman–Crippen MR) is 116 cm³/mol. The molecule has 1 N–H and O–H groups in total. The second kappa shape index (κ2) is 9.65. The highest BCUT2D eigenvalue weighted by Gasteiger charge is 2.21. The Labute approximate surface area is 184 Å². The molecule has 0 radical (unpaired) electrons. The molecule has 2 heterocycles. The first-order valence-corrected chi connectivity index (χ1v) is 10.8. The van der Waals surface area contributed by atoms with E-state index in [2.05, 4.69) is 23.4 Å². The van der Waals surface area contributed by atoms with Crippen molar-refractivity contribution in [1.29, 1.82) is 0 Å². The molecule has 0 amide bonds. The Kier molecular flexibility index (Phi) is 7.22. The first kappa shape index (κ1) is 21.7. The first-order valence-electron chi connectivity index (χ1n) is 9.18. The lowest BCUT2D eigenvalue weighted by atomic mass is 10.1. The number of hydrogen-bond acceptors (Lipinski definition) is 4. The Bertz CT molecular complexity index is 986. The number of nitrogens with zero attached hydrogens (tertiary/aromatic N) is 3. The fourth-order valence-corrected chi connectivity index (χ4v) is 4.83. The zero-order valence-corrected chi connectivity index (χ0v) is 18.4. The number of pyridine rings is 1. The average Bonchev–Trinajstić information content (AvgIpc) is 2.97. The van der Waals surface area contributed by atoms with Gasteiger partial charge in [0.15, 0.2) is 0 Å². The van der Waals surface area contributed by atoms with Gasteiger partial charge in [-0.15, -0.1) is 0 Å². The van der Waals surface area contributed by atoms with Crippen LogP contribution in [-0.4, -0.2) is 25.6 Å². The summed E-state index contributed by atoms with van der Waals surface area (Å²) in [5, 5.41) is 11.2. The van der Waals surface area contributed by atoms with Crippen molar-refractivity contribution in [3.05, 3.63) is 69.9 Å². The summed E-state index contributed by atoms with van der Waals surface area (Å²) < 4.78 is 2.06. The molecule has 0 fully saturated rings. The molecule has 0 atom stereocenters. The predicted octanol–water partition coefficient (Wildman–Crippen LogP) is 5.93. The van der Waals surface area contributed by atoms with Gasteiger partial charge in [0, 0.05) is 27.6 Å². The molecule has 3 aromatic rings. The number of aliphatic carboxylic acids is 1. The maximum atomic E-state index is 11.1. The lowest BCUT2D eigenvalue weighted by molar-refractivity contribution is -0.137. The molecule has 0 bridgehead atoms. The van der Waals surface area contributed by atoms with Crippen LogP contribution >= 0.6 is 35.0 Å². The molecule has 1 aromatic carbocycles. The van der Waals surface area contributed by atoms with E-state index >= 15 is 0 Å². The van der Waals surface area contributed by atoms with Crippen LogP contribution in [0.25, 0.3) is 0 Å². The van der Waals surface area contributed by atoms with Gasteiger partial charge in [-0.2, -0.15) is 0 Å². The molecule has 8 heteroatoms. The zero-order valence-electron chi connectivity index (χ0n) is 16.1. The van der Waals surface area contributed by atoms with Gasteiger partial charge in [-0.1, -0.05) is 54.9 Å². The summed E-state index contributed by atoms with van der Waals surface area (Å²) >= 11 is 13.9. The van der Waals surface area contributed by atoms with Crippen LogP contribution < -0.4 is 0 Å². The average molecular weight is 450 g/mol. The van der Waals surface area contributed by atoms with Crippen LogP contribution in [0.4, 0.5) is 0 Å². The monoisotopic (exact) mass is 449 g/mol. The lowest BCUT2D eigenvalue weighted by Gasteiger charge is -2.13. The van der Waals surface area contributed by atoms with Crippen molar-refractivity contribution in [2.45, 2.75) is 49.1 Å². The van der Waals surface area contributed by atoms with E-state index in [1.165, 1.54) is 11.8 Å². The number of hydrogen-bond donors (Lipinski definition) is 1. The van der Waals surface area contributed by atoms with E-state index in [1.54, 1.807) is 12.3 Å². The minimum Gasteiger partial charge on any atom is -0.481 e. The number of aromatic nitrogens is 3. The Morgan fingerprint density at radius 2 is 1.93 bits per heavy atom. The molecule has 3 rings (SSSR count). The summed E-state index contributed by atoms with van der Waals surface area (Å²) in [6.45, 7) is 4.65. The van der Waals surface area contributed by atoms with Gasteiger partial charge in [-0.25, -0.2) is 4.98 Å². The quantitative estimate of drug-likeness (QED) is 0.461. The molecule has 0 spiro atoms. The number of carboxylic acids is 1. The minimum atomic E-state index is -0.848. The number of carboxylic acid groups (broad SMARTS) is 1. The highest BCUT2D eigenvalue weighted by atomic mass is 35.5. The van der Waals surface area contributed by atoms with E-state index in [4.69, 9.17) is 33.3 Å².